The van der Waals surface area contributed by atoms with Gasteiger partial charge in [-0.05, 0) is 73.2 Å². The highest BCUT2D eigenvalue weighted by molar-refractivity contribution is 7.80. The van der Waals surface area contributed by atoms with Crippen LogP contribution in [0.2, 0.25) is 0 Å². The highest BCUT2D eigenvalue weighted by Gasteiger charge is 2.13. The van der Waals surface area contributed by atoms with Gasteiger partial charge in [0.25, 0.3) is 5.91 Å². The molecule has 0 atom stereocenters. The standard InChI is InChI=1S/C24H21N3O4S/c1-14-7-9-19-18(11-14)26-23(31-19)16-5-4-6-17(12-16)25-24(32)27-22(28)15-8-10-20(29-2)21(13-15)30-3/h4-13H,1-3H3,(H2,25,27,28,32). The molecule has 1 heterocycles. The lowest BCUT2D eigenvalue weighted by molar-refractivity contribution is 0.0977. The molecule has 8 heteroatoms. The van der Waals surface area contributed by atoms with Gasteiger partial charge >= 0.3 is 0 Å². The Hall–Kier alpha value is -3.91. The number of benzene rings is 3. The second kappa shape index (κ2) is 9.07. The summed E-state index contributed by atoms with van der Waals surface area (Å²) in [6, 6.07) is 18.2. The minimum absolute atomic E-state index is 0.162. The molecule has 0 saturated heterocycles. The average molecular weight is 448 g/mol. The van der Waals surface area contributed by atoms with Gasteiger partial charge in [0.15, 0.2) is 22.2 Å². The molecule has 0 unspecified atom stereocenters. The Morgan fingerprint density at radius 3 is 2.59 bits per heavy atom. The van der Waals surface area contributed by atoms with Crippen molar-refractivity contribution in [3.05, 3.63) is 71.8 Å². The number of carbonyl (C=O) groups is 1. The zero-order chi connectivity index (χ0) is 22.7. The number of nitrogens with zero attached hydrogens (tertiary/aromatic N) is 1. The van der Waals surface area contributed by atoms with E-state index in [0.717, 1.165) is 22.2 Å². The number of nitrogens with one attached hydrogen (secondary N) is 2. The van der Waals surface area contributed by atoms with Crippen LogP contribution in [0, 0.1) is 6.92 Å². The van der Waals surface area contributed by atoms with Crippen LogP contribution in [0.3, 0.4) is 0 Å². The number of hydrogen-bond donors (Lipinski definition) is 2. The number of amides is 1. The van der Waals surface area contributed by atoms with E-state index in [1.165, 1.54) is 14.2 Å². The van der Waals surface area contributed by atoms with Crippen LogP contribution in [-0.4, -0.2) is 30.2 Å². The van der Waals surface area contributed by atoms with Crippen molar-refractivity contribution in [2.24, 2.45) is 0 Å². The molecule has 162 valence electrons. The molecule has 1 aromatic heterocycles. The van der Waals surface area contributed by atoms with Gasteiger partial charge in [-0.15, -0.1) is 0 Å². The Morgan fingerprint density at radius 1 is 1.00 bits per heavy atom. The maximum atomic E-state index is 12.6. The highest BCUT2D eigenvalue weighted by Crippen LogP contribution is 2.28. The summed E-state index contributed by atoms with van der Waals surface area (Å²) in [5.41, 5.74) is 4.51. The van der Waals surface area contributed by atoms with E-state index >= 15 is 0 Å². The topological polar surface area (TPSA) is 85.6 Å². The summed E-state index contributed by atoms with van der Waals surface area (Å²) in [4.78, 5) is 17.1. The number of rotatable bonds is 5. The van der Waals surface area contributed by atoms with Crippen LogP contribution in [0.5, 0.6) is 11.5 Å². The van der Waals surface area contributed by atoms with E-state index in [2.05, 4.69) is 15.6 Å². The second-order valence-corrected chi connectivity index (χ2v) is 7.46. The molecule has 0 spiro atoms. The molecule has 0 radical (unpaired) electrons. The molecule has 4 aromatic rings. The van der Waals surface area contributed by atoms with Crippen molar-refractivity contribution in [1.29, 1.82) is 0 Å². The number of carbonyl (C=O) groups excluding carboxylic acids is 1. The van der Waals surface area contributed by atoms with Gasteiger partial charge in [-0.25, -0.2) is 4.98 Å². The third kappa shape index (κ3) is 4.55. The smallest absolute Gasteiger partial charge is 0.257 e. The first kappa shape index (κ1) is 21.3. The Labute approximate surface area is 190 Å². The summed E-state index contributed by atoms with van der Waals surface area (Å²) in [7, 11) is 3.05. The summed E-state index contributed by atoms with van der Waals surface area (Å²) < 4.78 is 16.3. The summed E-state index contributed by atoms with van der Waals surface area (Å²) in [6.45, 7) is 2.01. The number of thiocarbonyl (C=S) groups is 1. The molecule has 4 rings (SSSR count). The molecular weight excluding hydrogens is 426 g/mol. The lowest BCUT2D eigenvalue weighted by Crippen LogP contribution is -2.34. The molecule has 0 aliphatic heterocycles. The molecule has 32 heavy (non-hydrogen) atoms. The fourth-order valence-electron chi connectivity index (χ4n) is 3.21. The lowest BCUT2D eigenvalue weighted by Gasteiger charge is -2.12. The number of oxazole rings is 1. The van der Waals surface area contributed by atoms with Crippen LogP contribution in [0.15, 0.2) is 65.1 Å². The minimum atomic E-state index is -0.367. The quantitative estimate of drug-likeness (QED) is 0.419. The molecule has 0 aliphatic carbocycles. The molecule has 7 nitrogen and oxygen atoms in total. The highest BCUT2D eigenvalue weighted by atomic mass is 32.1. The van der Waals surface area contributed by atoms with Gasteiger partial charge in [0.2, 0.25) is 5.89 Å². The van der Waals surface area contributed by atoms with E-state index < -0.39 is 0 Å². The van der Waals surface area contributed by atoms with E-state index in [9.17, 15) is 4.79 Å². The largest absolute Gasteiger partial charge is 0.493 e. The number of anilines is 1. The van der Waals surface area contributed by atoms with E-state index in [1.807, 2.05) is 49.4 Å². The predicted molar refractivity (Wildman–Crippen MR) is 127 cm³/mol. The zero-order valence-corrected chi connectivity index (χ0v) is 18.6. The Bertz CT molecular complexity index is 1320. The van der Waals surface area contributed by atoms with E-state index in [-0.39, 0.29) is 11.0 Å². The fourth-order valence-corrected chi connectivity index (χ4v) is 3.42. The Kier molecular flexibility index (Phi) is 6.04. The summed E-state index contributed by atoms with van der Waals surface area (Å²) in [5, 5.41) is 5.85. The molecule has 0 saturated carbocycles. The van der Waals surface area contributed by atoms with Crippen LogP contribution in [0.1, 0.15) is 15.9 Å². The van der Waals surface area contributed by atoms with Crippen molar-refractivity contribution in [1.82, 2.24) is 10.3 Å². The van der Waals surface area contributed by atoms with Crippen molar-refractivity contribution in [2.75, 3.05) is 19.5 Å². The Morgan fingerprint density at radius 2 is 1.81 bits per heavy atom. The maximum Gasteiger partial charge on any atom is 0.257 e. The molecule has 3 aromatic carbocycles. The maximum absolute atomic E-state index is 12.6. The molecule has 0 bridgehead atoms. The van der Waals surface area contributed by atoms with Crippen LogP contribution < -0.4 is 20.1 Å². The summed E-state index contributed by atoms with van der Waals surface area (Å²) in [5.74, 6) is 1.14. The van der Waals surface area contributed by atoms with Crippen molar-refractivity contribution < 1.29 is 18.7 Å². The van der Waals surface area contributed by atoms with Gasteiger partial charge in [0, 0.05) is 16.8 Å². The zero-order valence-electron chi connectivity index (χ0n) is 17.8. The number of hydrogen-bond acceptors (Lipinski definition) is 6. The number of methoxy groups -OCH3 is 2. The van der Waals surface area contributed by atoms with Gasteiger partial charge in [-0.3, -0.25) is 10.1 Å². The average Bonchev–Trinajstić information content (AvgIpc) is 3.22. The molecule has 1 amide bonds. The first-order valence-electron chi connectivity index (χ1n) is 9.79. The number of aryl methyl sites for hydroxylation is 1. The van der Waals surface area contributed by atoms with Crippen LogP contribution in [0.4, 0.5) is 5.69 Å². The van der Waals surface area contributed by atoms with Crippen LogP contribution >= 0.6 is 12.2 Å². The van der Waals surface area contributed by atoms with Crippen molar-refractivity contribution in [3.63, 3.8) is 0 Å². The van der Waals surface area contributed by atoms with Gasteiger partial charge in [-0.1, -0.05) is 12.1 Å². The molecule has 0 fully saturated rings. The van der Waals surface area contributed by atoms with Gasteiger partial charge < -0.3 is 19.2 Å². The van der Waals surface area contributed by atoms with Gasteiger partial charge in [0.05, 0.1) is 14.2 Å². The second-order valence-electron chi connectivity index (χ2n) is 7.05. The number of ether oxygens (including phenoxy) is 2. The third-order valence-electron chi connectivity index (χ3n) is 4.78. The first-order chi connectivity index (χ1) is 15.5. The van der Waals surface area contributed by atoms with Crippen molar-refractivity contribution >= 4 is 40.0 Å². The van der Waals surface area contributed by atoms with Crippen LogP contribution in [0.25, 0.3) is 22.6 Å². The molecule has 2 N–H and O–H groups in total. The van der Waals surface area contributed by atoms with Crippen LogP contribution in [-0.2, 0) is 0 Å². The van der Waals surface area contributed by atoms with Gasteiger partial charge in [0.1, 0.15) is 5.52 Å². The van der Waals surface area contributed by atoms with Crippen molar-refractivity contribution in [3.8, 4) is 23.0 Å². The van der Waals surface area contributed by atoms with Gasteiger partial charge in [-0.2, -0.15) is 0 Å². The minimum Gasteiger partial charge on any atom is -0.493 e. The van der Waals surface area contributed by atoms with E-state index in [1.54, 1.807) is 18.2 Å². The van der Waals surface area contributed by atoms with E-state index in [4.69, 9.17) is 26.1 Å². The fraction of sp³-hybridized carbons (Fsp3) is 0.125. The molecular formula is C24H21N3O4S. The summed E-state index contributed by atoms with van der Waals surface area (Å²) >= 11 is 5.31. The SMILES string of the molecule is COc1ccc(C(=O)NC(=S)Nc2cccc(-c3nc4cc(C)ccc4o3)c2)cc1OC. The van der Waals surface area contributed by atoms with E-state index in [0.29, 0.717) is 28.6 Å². The lowest BCUT2D eigenvalue weighted by atomic mass is 10.2. The van der Waals surface area contributed by atoms with Crippen molar-refractivity contribution in [2.45, 2.75) is 6.92 Å². The normalized spacial score (nSPS) is 10.6. The Balaban J connectivity index is 1.47. The molecule has 0 aliphatic rings. The summed E-state index contributed by atoms with van der Waals surface area (Å²) in [6.07, 6.45) is 0. The first-order valence-corrected chi connectivity index (χ1v) is 10.2. The third-order valence-corrected chi connectivity index (χ3v) is 4.99. The predicted octanol–water partition coefficient (Wildman–Crippen LogP) is 4.95. The monoisotopic (exact) mass is 447 g/mol. The number of fused-ring (bicyclic) bond motifs is 1. The number of aromatic nitrogens is 1.